The summed E-state index contributed by atoms with van der Waals surface area (Å²) < 4.78 is 0. The largest absolute Gasteiger partial charge is 0.314 e. The molecular formula is C15H21N5S. The number of rotatable bonds is 4. The van der Waals surface area contributed by atoms with Gasteiger partial charge in [-0.15, -0.1) is 11.3 Å². The second-order valence-corrected chi connectivity index (χ2v) is 6.16. The molecule has 0 aliphatic carbocycles. The van der Waals surface area contributed by atoms with Crippen molar-refractivity contribution in [2.75, 3.05) is 26.2 Å². The lowest BCUT2D eigenvalue weighted by Gasteiger charge is -2.33. The molecule has 0 amide bonds. The summed E-state index contributed by atoms with van der Waals surface area (Å²) in [5.41, 5.74) is 2.79. The summed E-state index contributed by atoms with van der Waals surface area (Å²) in [5, 5.41) is 6.71. The van der Waals surface area contributed by atoms with Crippen LogP contribution in [0.2, 0.25) is 0 Å². The highest BCUT2D eigenvalue weighted by atomic mass is 32.1. The summed E-state index contributed by atoms with van der Waals surface area (Å²) in [6, 6.07) is 0.419. The zero-order chi connectivity index (χ0) is 14.7. The Kier molecular flexibility index (Phi) is 4.57. The van der Waals surface area contributed by atoms with Crippen molar-refractivity contribution in [3.63, 3.8) is 0 Å². The quantitative estimate of drug-likeness (QED) is 0.939. The van der Waals surface area contributed by atoms with E-state index in [9.17, 15) is 0 Å². The topological polar surface area (TPSA) is 53.9 Å². The minimum absolute atomic E-state index is 0.419. The average Bonchev–Trinajstić information content (AvgIpc) is 2.99. The first-order valence-corrected chi connectivity index (χ1v) is 8.35. The first kappa shape index (κ1) is 14.6. The maximum absolute atomic E-state index is 4.84. The van der Waals surface area contributed by atoms with Crippen molar-refractivity contribution in [1.29, 1.82) is 0 Å². The molecule has 6 heteroatoms. The number of nitrogens with zero attached hydrogens (tertiary/aromatic N) is 4. The Balaban J connectivity index is 1.84. The van der Waals surface area contributed by atoms with Crippen LogP contribution in [0, 0.1) is 6.92 Å². The fourth-order valence-electron chi connectivity index (χ4n) is 2.79. The van der Waals surface area contributed by atoms with Gasteiger partial charge >= 0.3 is 0 Å². The van der Waals surface area contributed by atoms with E-state index in [1.54, 1.807) is 23.7 Å². The van der Waals surface area contributed by atoms with Gasteiger partial charge in [0.15, 0.2) is 0 Å². The van der Waals surface area contributed by atoms with Crippen molar-refractivity contribution in [3.8, 4) is 11.4 Å². The van der Waals surface area contributed by atoms with E-state index in [4.69, 9.17) is 4.98 Å². The molecule has 0 radical (unpaired) electrons. The Bertz CT molecular complexity index is 591. The van der Waals surface area contributed by atoms with Gasteiger partial charge in [0, 0.05) is 44.0 Å². The molecule has 1 aliphatic rings. The summed E-state index contributed by atoms with van der Waals surface area (Å²) >= 11 is 1.74. The summed E-state index contributed by atoms with van der Waals surface area (Å²) in [6.07, 6.45) is 4.54. The monoisotopic (exact) mass is 303 g/mol. The molecule has 3 heterocycles. The maximum atomic E-state index is 4.84. The first-order chi connectivity index (χ1) is 10.3. The molecule has 1 saturated heterocycles. The van der Waals surface area contributed by atoms with E-state index in [-0.39, 0.29) is 0 Å². The van der Waals surface area contributed by atoms with Crippen LogP contribution < -0.4 is 5.32 Å². The van der Waals surface area contributed by atoms with Crippen molar-refractivity contribution in [2.45, 2.75) is 26.3 Å². The van der Waals surface area contributed by atoms with Crippen LogP contribution in [0.4, 0.5) is 0 Å². The minimum atomic E-state index is 0.419. The van der Waals surface area contributed by atoms with Crippen LogP contribution in [0.15, 0.2) is 17.8 Å². The lowest BCUT2D eigenvalue weighted by atomic mass is 10.1. The normalized spacial score (nSPS) is 17.8. The molecule has 1 atom stereocenters. The van der Waals surface area contributed by atoms with Crippen molar-refractivity contribution in [3.05, 3.63) is 28.5 Å². The van der Waals surface area contributed by atoms with Gasteiger partial charge in [-0.05, 0) is 13.3 Å². The third-order valence-corrected chi connectivity index (χ3v) is 4.86. The number of thiazole rings is 1. The average molecular weight is 303 g/mol. The van der Waals surface area contributed by atoms with Crippen LogP contribution in [0.25, 0.3) is 11.4 Å². The fourth-order valence-corrected chi connectivity index (χ4v) is 3.81. The van der Waals surface area contributed by atoms with Crippen molar-refractivity contribution in [2.24, 2.45) is 0 Å². The Morgan fingerprint density at radius 2 is 2.05 bits per heavy atom. The second-order valence-electron chi connectivity index (χ2n) is 5.27. The zero-order valence-electron chi connectivity index (χ0n) is 12.5. The van der Waals surface area contributed by atoms with Crippen LogP contribution in [0.1, 0.15) is 30.1 Å². The predicted octanol–water partition coefficient (Wildman–Crippen LogP) is 2.26. The standard InChI is InChI=1S/C15H21N5S/c1-3-13(20-8-6-16-7-9-20)15-19-12(10-21-15)14-11(2)17-4-5-18-14/h4-5,10,13,16H,3,6-9H2,1-2H3. The van der Waals surface area contributed by atoms with Crippen molar-refractivity contribution >= 4 is 11.3 Å². The molecule has 1 N–H and O–H groups in total. The number of aromatic nitrogens is 3. The number of hydrogen-bond donors (Lipinski definition) is 1. The molecular weight excluding hydrogens is 282 g/mol. The van der Waals surface area contributed by atoms with Gasteiger partial charge in [-0.2, -0.15) is 0 Å². The van der Waals surface area contributed by atoms with Crippen LogP contribution >= 0.6 is 11.3 Å². The smallest absolute Gasteiger partial charge is 0.111 e. The minimum Gasteiger partial charge on any atom is -0.314 e. The SMILES string of the molecule is CCC(c1nc(-c2nccnc2C)cs1)N1CCNCC1. The third kappa shape index (κ3) is 3.12. The van der Waals surface area contributed by atoms with Crippen LogP contribution in [-0.2, 0) is 0 Å². The fraction of sp³-hybridized carbons (Fsp3) is 0.533. The molecule has 3 rings (SSSR count). The van der Waals surface area contributed by atoms with Gasteiger partial charge in [-0.3, -0.25) is 14.9 Å². The van der Waals surface area contributed by atoms with Crippen LogP contribution in [0.5, 0.6) is 0 Å². The maximum Gasteiger partial charge on any atom is 0.111 e. The molecule has 0 bridgehead atoms. The molecule has 1 fully saturated rings. The van der Waals surface area contributed by atoms with E-state index in [0.717, 1.165) is 49.7 Å². The Labute approximate surface area is 129 Å². The van der Waals surface area contributed by atoms with Gasteiger partial charge < -0.3 is 5.32 Å². The van der Waals surface area contributed by atoms with Gasteiger partial charge in [0.05, 0.1) is 11.7 Å². The van der Waals surface area contributed by atoms with Gasteiger partial charge in [0.25, 0.3) is 0 Å². The Morgan fingerprint density at radius 1 is 1.29 bits per heavy atom. The Morgan fingerprint density at radius 3 is 2.76 bits per heavy atom. The van der Waals surface area contributed by atoms with Crippen molar-refractivity contribution in [1.82, 2.24) is 25.2 Å². The second kappa shape index (κ2) is 6.60. The molecule has 1 aliphatic heterocycles. The summed E-state index contributed by atoms with van der Waals surface area (Å²) in [4.78, 5) is 16.1. The third-order valence-electron chi connectivity index (χ3n) is 3.91. The molecule has 21 heavy (non-hydrogen) atoms. The molecule has 0 spiro atoms. The van der Waals surface area contributed by atoms with E-state index in [1.807, 2.05) is 6.92 Å². The number of hydrogen-bond acceptors (Lipinski definition) is 6. The van der Waals surface area contributed by atoms with Gasteiger partial charge in [0.1, 0.15) is 16.4 Å². The summed E-state index contributed by atoms with van der Waals surface area (Å²) in [5.74, 6) is 0. The van der Waals surface area contributed by atoms with Crippen LogP contribution in [-0.4, -0.2) is 46.0 Å². The van der Waals surface area contributed by atoms with Gasteiger partial charge in [0.2, 0.25) is 0 Å². The van der Waals surface area contributed by atoms with E-state index < -0.39 is 0 Å². The molecule has 2 aromatic rings. The van der Waals surface area contributed by atoms with Crippen LogP contribution in [0.3, 0.4) is 0 Å². The van der Waals surface area contributed by atoms with Crippen molar-refractivity contribution < 1.29 is 0 Å². The highest BCUT2D eigenvalue weighted by molar-refractivity contribution is 7.10. The predicted molar refractivity (Wildman–Crippen MR) is 85.4 cm³/mol. The highest BCUT2D eigenvalue weighted by Gasteiger charge is 2.23. The van der Waals surface area contributed by atoms with E-state index in [1.165, 1.54) is 5.01 Å². The number of aryl methyl sites for hydroxylation is 1. The number of nitrogens with one attached hydrogen (secondary N) is 1. The molecule has 112 valence electrons. The van der Waals surface area contributed by atoms with Gasteiger partial charge in [-0.25, -0.2) is 4.98 Å². The van der Waals surface area contributed by atoms with E-state index in [0.29, 0.717) is 6.04 Å². The molecule has 2 aromatic heterocycles. The van der Waals surface area contributed by atoms with Gasteiger partial charge in [-0.1, -0.05) is 6.92 Å². The molecule has 0 aromatic carbocycles. The number of piperazine rings is 1. The molecule has 0 saturated carbocycles. The van der Waals surface area contributed by atoms with E-state index >= 15 is 0 Å². The first-order valence-electron chi connectivity index (χ1n) is 7.47. The molecule has 1 unspecified atom stereocenters. The highest BCUT2D eigenvalue weighted by Crippen LogP contribution is 2.30. The lowest BCUT2D eigenvalue weighted by molar-refractivity contribution is 0.169. The molecule has 5 nitrogen and oxygen atoms in total. The Hall–Kier alpha value is -1.37. The lowest BCUT2D eigenvalue weighted by Crippen LogP contribution is -2.45. The summed E-state index contributed by atoms with van der Waals surface area (Å²) in [7, 11) is 0. The zero-order valence-corrected chi connectivity index (χ0v) is 13.4. The summed E-state index contributed by atoms with van der Waals surface area (Å²) in [6.45, 7) is 8.54. The van der Waals surface area contributed by atoms with E-state index in [2.05, 4.69) is 32.5 Å².